The van der Waals surface area contributed by atoms with E-state index in [1.165, 1.54) is 16.3 Å². The number of thiophene rings is 1. The molecule has 0 amide bonds. The molecular weight excluding hydrogens is 367 g/mol. The van der Waals surface area contributed by atoms with Gasteiger partial charge in [0.2, 0.25) is 0 Å². The molecule has 0 N–H and O–H groups in total. The van der Waals surface area contributed by atoms with Gasteiger partial charge in [-0.3, -0.25) is 9.69 Å². The number of rotatable bonds is 5. The van der Waals surface area contributed by atoms with Crippen molar-refractivity contribution in [1.82, 2.24) is 4.90 Å². The van der Waals surface area contributed by atoms with Gasteiger partial charge in [-0.25, -0.2) is 4.39 Å². The van der Waals surface area contributed by atoms with Crippen molar-refractivity contribution in [2.45, 2.75) is 28.7 Å². The zero-order valence-corrected chi connectivity index (χ0v) is 16.3. The number of carbonyl (C=O) groups is 1. The highest BCUT2D eigenvalue weighted by atomic mass is 32.2. The summed E-state index contributed by atoms with van der Waals surface area (Å²) in [5, 5.41) is 2.47. The molecule has 3 nitrogen and oxygen atoms in total. The van der Waals surface area contributed by atoms with Crippen molar-refractivity contribution < 1.29 is 9.18 Å². The maximum absolute atomic E-state index is 13.0. The fraction of sp³-hybridized carbons (Fsp3) is 0.450. The summed E-state index contributed by atoms with van der Waals surface area (Å²) in [5.41, 5.74) is 2.04. The van der Waals surface area contributed by atoms with Crippen molar-refractivity contribution in [2.75, 3.05) is 37.6 Å². The SMILES string of the molecule is O=C1CC(CCCN2CCN(c3ccc(F)cc3)CC2)Sc2sccc21. The monoisotopic (exact) mass is 390 g/mol. The second-order valence-electron chi connectivity index (χ2n) is 6.94. The van der Waals surface area contributed by atoms with Crippen LogP contribution in [0.1, 0.15) is 29.6 Å². The van der Waals surface area contributed by atoms with Crippen LogP contribution < -0.4 is 4.90 Å². The molecule has 3 heterocycles. The predicted molar refractivity (Wildman–Crippen MR) is 107 cm³/mol. The van der Waals surface area contributed by atoms with Crippen LogP contribution >= 0.6 is 23.1 Å². The quantitative estimate of drug-likeness (QED) is 0.748. The van der Waals surface area contributed by atoms with Gasteiger partial charge in [-0.15, -0.1) is 23.1 Å². The smallest absolute Gasteiger partial charge is 0.165 e. The summed E-state index contributed by atoms with van der Waals surface area (Å²) in [7, 11) is 0. The van der Waals surface area contributed by atoms with Crippen LogP contribution in [0.25, 0.3) is 0 Å². The van der Waals surface area contributed by atoms with Gasteiger partial charge in [0, 0.05) is 49.1 Å². The van der Waals surface area contributed by atoms with E-state index in [-0.39, 0.29) is 5.82 Å². The number of ketones is 1. The average molecular weight is 391 g/mol. The largest absolute Gasteiger partial charge is 0.369 e. The molecule has 4 rings (SSSR count). The van der Waals surface area contributed by atoms with E-state index in [1.807, 2.05) is 35.3 Å². The van der Waals surface area contributed by atoms with Crippen LogP contribution in [0.3, 0.4) is 0 Å². The van der Waals surface area contributed by atoms with Gasteiger partial charge >= 0.3 is 0 Å². The van der Waals surface area contributed by atoms with Crippen LogP contribution in [0, 0.1) is 5.82 Å². The highest BCUT2D eigenvalue weighted by Gasteiger charge is 2.26. The van der Waals surface area contributed by atoms with E-state index in [2.05, 4.69) is 9.80 Å². The van der Waals surface area contributed by atoms with Crippen molar-refractivity contribution in [3.05, 3.63) is 47.1 Å². The van der Waals surface area contributed by atoms with E-state index in [9.17, 15) is 9.18 Å². The molecule has 2 aromatic rings. The maximum Gasteiger partial charge on any atom is 0.165 e. The zero-order valence-electron chi connectivity index (χ0n) is 14.7. The molecule has 0 aliphatic carbocycles. The lowest BCUT2D eigenvalue weighted by Gasteiger charge is -2.36. The molecule has 1 aromatic heterocycles. The minimum atomic E-state index is -0.180. The van der Waals surface area contributed by atoms with Gasteiger partial charge in [0.15, 0.2) is 5.78 Å². The number of nitrogens with zero attached hydrogens (tertiary/aromatic N) is 2. The van der Waals surface area contributed by atoms with Gasteiger partial charge in [0.1, 0.15) is 5.82 Å². The van der Waals surface area contributed by atoms with E-state index in [1.54, 1.807) is 11.3 Å². The molecule has 6 heteroatoms. The minimum Gasteiger partial charge on any atom is -0.369 e. The van der Waals surface area contributed by atoms with Crippen LogP contribution in [0.4, 0.5) is 10.1 Å². The lowest BCUT2D eigenvalue weighted by atomic mass is 10.1. The number of carbonyl (C=O) groups excluding carboxylic acids is 1. The Morgan fingerprint density at radius 2 is 1.85 bits per heavy atom. The molecule has 0 bridgehead atoms. The lowest BCUT2D eigenvalue weighted by Crippen LogP contribution is -2.46. The Morgan fingerprint density at radius 1 is 1.08 bits per heavy atom. The standard InChI is InChI=1S/C20H23FN2OS2/c21-15-3-5-16(6-4-15)23-11-9-22(10-12-23)8-1-2-17-14-19(24)18-7-13-25-20(18)26-17/h3-7,13,17H,1-2,8-12,14H2. The summed E-state index contributed by atoms with van der Waals surface area (Å²) in [6.07, 6.45) is 2.93. The molecular formula is C20H23FN2OS2. The summed E-state index contributed by atoms with van der Waals surface area (Å²) in [6, 6.07) is 8.75. The second-order valence-corrected chi connectivity index (χ2v) is 9.42. The molecule has 138 valence electrons. The normalized spacial score (nSPS) is 21.0. The maximum atomic E-state index is 13.0. The number of fused-ring (bicyclic) bond motifs is 1. The number of Topliss-reactive ketones (excluding diaryl/α,β-unsaturated/α-hetero) is 1. The third-order valence-corrected chi connectivity index (χ3v) is 7.63. The Balaban J connectivity index is 1.20. The van der Waals surface area contributed by atoms with Crippen LogP contribution in [0.2, 0.25) is 0 Å². The number of anilines is 1. The summed E-state index contributed by atoms with van der Waals surface area (Å²) < 4.78 is 14.3. The second kappa shape index (κ2) is 8.11. The lowest BCUT2D eigenvalue weighted by molar-refractivity contribution is 0.0976. The third kappa shape index (κ3) is 4.13. The number of hydrogen-bond donors (Lipinski definition) is 0. The number of thioether (sulfide) groups is 1. The highest BCUT2D eigenvalue weighted by Crippen LogP contribution is 2.40. The van der Waals surface area contributed by atoms with Gasteiger partial charge in [-0.2, -0.15) is 0 Å². The van der Waals surface area contributed by atoms with Crippen LogP contribution in [0.15, 0.2) is 39.9 Å². The summed E-state index contributed by atoms with van der Waals surface area (Å²) >= 11 is 3.59. The number of hydrogen-bond acceptors (Lipinski definition) is 5. The first-order chi connectivity index (χ1) is 12.7. The van der Waals surface area contributed by atoms with Gasteiger partial charge in [0.05, 0.1) is 4.21 Å². The Labute approximate surface area is 162 Å². The van der Waals surface area contributed by atoms with Gasteiger partial charge in [-0.05, 0) is 55.1 Å². The van der Waals surface area contributed by atoms with Crippen molar-refractivity contribution in [3.63, 3.8) is 0 Å². The molecule has 1 saturated heterocycles. The highest BCUT2D eigenvalue weighted by molar-refractivity contribution is 8.01. The van der Waals surface area contributed by atoms with Crippen LogP contribution in [-0.2, 0) is 0 Å². The average Bonchev–Trinajstić information content (AvgIpc) is 3.12. The molecule has 0 radical (unpaired) electrons. The van der Waals surface area contributed by atoms with Gasteiger partial charge in [0.25, 0.3) is 0 Å². The van der Waals surface area contributed by atoms with E-state index in [4.69, 9.17) is 0 Å². The molecule has 0 spiro atoms. The summed E-state index contributed by atoms with van der Waals surface area (Å²) in [6.45, 7) is 5.16. The van der Waals surface area contributed by atoms with Crippen molar-refractivity contribution >= 4 is 34.6 Å². The molecule has 2 aliphatic heterocycles. The van der Waals surface area contributed by atoms with Crippen molar-refractivity contribution in [1.29, 1.82) is 0 Å². The van der Waals surface area contributed by atoms with E-state index < -0.39 is 0 Å². The van der Waals surface area contributed by atoms with Gasteiger partial charge < -0.3 is 4.90 Å². The first-order valence-electron chi connectivity index (χ1n) is 9.19. The summed E-state index contributed by atoms with van der Waals surface area (Å²) in [4.78, 5) is 17.0. The van der Waals surface area contributed by atoms with E-state index >= 15 is 0 Å². The van der Waals surface area contributed by atoms with Crippen LogP contribution in [-0.4, -0.2) is 48.7 Å². The first kappa shape index (κ1) is 18.0. The Morgan fingerprint density at radius 3 is 2.62 bits per heavy atom. The predicted octanol–water partition coefficient (Wildman–Crippen LogP) is 4.54. The van der Waals surface area contributed by atoms with Gasteiger partial charge in [-0.1, -0.05) is 0 Å². The summed E-state index contributed by atoms with van der Waals surface area (Å²) in [5.74, 6) is 0.138. The van der Waals surface area contributed by atoms with E-state index in [0.29, 0.717) is 17.5 Å². The fourth-order valence-corrected chi connectivity index (χ4v) is 6.25. The number of halogens is 1. The fourth-order valence-electron chi connectivity index (χ4n) is 3.69. The Bertz CT molecular complexity index is 753. The molecule has 1 aromatic carbocycles. The number of benzene rings is 1. The zero-order chi connectivity index (χ0) is 17.9. The van der Waals surface area contributed by atoms with Crippen molar-refractivity contribution in [3.8, 4) is 0 Å². The van der Waals surface area contributed by atoms with E-state index in [0.717, 1.165) is 56.8 Å². The Kier molecular flexibility index (Phi) is 5.62. The minimum absolute atomic E-state index is 0.180. The molecule has 1 atom stereocenters. The molecule has 2 aliphatic rings. The third-order valence-electron chi connectivity index (χ3n) is 5.18. The first-order valence-corrected chi connectivity index (χ1v) is 11.0. The molecule has 1 unspecified atom stereocenters. The molecule has 1 fully saturated rings. The van der Waals surface area contributed by atoms with Crippen LogP contribution in [0.5, 0.6) is 0 Å². The Hall–Kier alpha value is -1.37. The number of piperazine rings is 1. The van der Waals surface area contributed by atoms with Crippen molar-refractivity contribution in [2.24, 2.45) is 0 Å². The topological polar surface area (TPSA) is 23.6 Å². The molecule has 0 saturated carbocycles. The molecule has 26 heavy (non-hydrogen) atoms.